The van der Waals surface area contributed by atoms with Gasteiger partial charge in [-0.25, -0.2) is 4.39 Å². The average molecular weight is 491 g/mol. The Labute approximate surface area is 213 Å². The van der Waals surface area contributed by atoms with Crippen molar-refractivity contribution in [3.05, 3.63) is 107 Å². The normalized spacial score (nSPS) is 11.8. The molecule has 3 rings (SSSR count). The number of rotatable bonds is 13. The van der Waals surface area contributed by atoms with Gasteiger partial charge in [0.25, 0.3) is 0 Å². The van der Waals surface area contributed by atoms with Crippen molar-refractivity contribution in [2.45, 2.75) is 51.8 Å². The first-order valence-corrected chi connectivity index (χ1v) is 12.4. The van der Waals surface area contributed by atoms with Crippen molar-refractivity contribution in [1.82, 2.24) is 10.2 Å². The average Bonchev–Trinajstić information content (AvgIpc) is 2.88. The predicted octanol–water partition coefficient (Wildman–Crippen LogP) is 4.94. The molecular formula is C30H35FN2O3. The molecule has 0 saturated heterocycles. The lowest BCUT2D eigenvalue weighted by Crippen LogP contribution is -2.51. The molecule has 0 fully saturated rings. The van der Waals surface area contributed by atoms with Crippen molar-refractivity contribution in [1.29, 1.82) is 0 Å². The molecule has 6 heteroatoms. The van der Waals surface area contributed by atoms with E-state index in [1.165, 1.54) is 12.1 Å². The van der Waals surface area contributed by atoms with Gasteiger partial charge in [-0.1, -0.05) is 72.8 Å². The van der Waals surface area contributed by atoms with Crippen molar-refractivity contribution in [2.75, 3.05) is 13.2 Å². The molecule has 0 aliphatic carbocycles. The number of amides is 2. The minimum absolute atomic E-state index is 0.133. The Bertz CT molecular complexity index is 1070. The van der Waals surface area contributed by atoms with Crippen LogP contribution in [0.5, 0.6) is 0 Å². The maximum Gasteiger partial charge on any atom is 0.243 e. The molecule has 3 aromatic carbocycles. The molecule has 3 aromatic rings. The van der Waals surface area contributed by atoms with Gasteiger partial charge in [-0.15, -0.1) is 0 Å². The van der Waals surface area contributed by atoms with Gasteiger partial charge in [-0.2, -0.15) is 0 Å². The molecule has 0 radical (unpaired) electrons. The van der Waals surface area contributed by atoms with E-state index in [-0.39, 0.29) is 36.7 Å². The number of carbonyl (C=O) groups excluding carboxylic acids is 2. The first-order valence-electron chi connectivity index (χ1n) is 12.4. The lowest BCUT2D eigenvalue weighted by molar-refractivity contribution is -0.140. The van der Waals surface area contributed by atoms with Crippen LogP contribution in [0.4, 0.5) is 4.39 Å². The molecule has 0 unspecified atom stereocenters. The minimum atomic E-state index is -0.723. The van der Waals surface area contributed by atoms with Crippen LogP contribution in [-0.4, -0.2) is 42.0 Å². The van der Waals surface area contributed by atoms with Gasteiger partial charge >= 0.3 is 0 Å². The minimum Gasteiger partial charge on any atom is -0.379 e. The maximum absolute atomic E-state index is 13.6. The first kappa shape index (κ1) is 27.1. The van der Waals surface area contributed by atoms with Crippen LogP contribution in [0.2, 0.25) is 0 Å². The number of nitrogens with zero attached hydrogens (tertiary/aromatic N) is 1. The summed E-state index contributed by atoms with van der Waals surface area (Å²) in [4.78, 5) is 28.7. The molecule has 36 heavy (non-hydrogen) atoms. The Morgan fingerprint density at radius 3 is 2.08 bits per heavy atom. The number of hydrogen-bond donors (Lipinski definition) is 1. The summed E-state index contributed by atoms with van der Waals surface area (Å²) < 4.78 is 19.1. The quantitative estimate of drug-likeness (QED) is 0.345. The highest BCUT2D eigenvalue weighted by atomic mass is 19.1. The van der Waals surface area contributed by atoms with E-state index in [1.54, 1.807) is 17.0 Å². The van der Waals surface area contributed by atoms with Crippen molar-refractivity contribution in [3.8, 4) is 0 Å². The summed E-state index contributed by atoms with van der Waals surface area (Å²) in [6.07, 6.45) is 1.35. The summed E-state index contributed by atoms with van der Waals surface area (Å²) in [5.74, 6) is -0.722. The molecule has 0 aliphatic rings. The number of carbonyl (C=O) groups is 2. The molecule has 0 heterocycles. The standard InChI is InChI=1S/C30H35FN2O3/c1-23(2)36-19-9-18-32-30(35)28(20-24-10-5-3-6-11-24)33(22-26-14-16-27(31)17-15-26)29(34)21-25-12-7-4-8-13-25/h3-8,10-17,23,28H,9,18-22H2,1-2H3,(H,32,35)/t28-/m0/s1. The molecule has 0 aromatic heterocycles. The summed E-state index contributed by atoms with van der Waals surface area (Å²) in [6, 6.07) is 24.5. The van der Waals surface area contributed by atoms with Crippen LogP contribution in [0.1, 0.15) is 37.0 Å². The van der Waals surface area contributed by atoms with E-state index in [0.717, 1.165) is 16.7 Å². The molecule has 0 spiro atoms. The van der Waals surface area contributed by atoms with Gasteiger partial charge in [-0.05, 0) is 49.1 Å². The fourth-order valence-electron chi connectivity index (χ4n) is 3.93. The zero-order valence-electron chi connectivity index (χ0n) is 21.0. The fourth-order valence-corrected chi connectivity index (χ4v) is 3.93. The number of ether oxygens (including phenoxy) is 1. The molecule has 0 saturated carbocycles. The lowest BCUT2D eigenvalue weighted by Gasteiger charge is -2.31. The summed E-state index contributed by atoms with van der Waals surface area (Å²) in [5.41, 5.74) is 2.59. The second kappa shape index (κ2) is 14.1. The predicted molar refractivity (Wildman–Crippen MR) is 140 cm³/mol. The molecule has 5 nitrogen and oxygen atoms in total. The lowest BCUT2D eigenvalue weighted by atomic mass is 10.0. The molecule has 190 valence electrons. The van der Waals surface area contributed by atoms with Gasteiger partial charge in [0.05, 0.1) is 12.5 Å². The Morgan fingerprint density at radius 1 is 0.861 bits per heavy atom. The topological polar surface area (TPSA) is 58.6 Å². The van der Waals surface area contributed by atoms with E-state index in [2.05, 4.69) is 5.32 Å². The first-order chi connectivity index (χ1) is 17.4. The third-order valence-corrected chi connectivity index (χ3v) is 5.81. The smallest absolute Gasteiger partial charge is 0.243 e. The number of nitrogens with one attached hydrogen (secondary N) is 1. The van der Waals surface area contributed by atoms with Crippen LogP contribution >= 0.6 is 0 Å². The zero-order valence-corrected chi connectivity index (χ0v) is 21.0. The van der Waals surface area contributed by atoms with E-state index in [9.17, 15) is 14.0 Å². The highest BCUT2D eigenvalue weighted by Crippen LogP contribution is 2.17. The van der Waals surface area contributed by atoms with E-state index >= 15 is 0 Å². The Balaban J connectivity index is 1.84. The van der Waals surface area contributed by atoms with Crippen LogP contribution < -0.4 is 5.32 Å². The Morgan fingerprint density at radius 2 is 1.47 bits per heavy atom. The molecule has 1 N–H and O–H groups in total. The molecule has 2 amide bonds. The van der Waals surface area contributed by atoms with Gasteiger partial charge in [0.2, 0.25) is 11.8 Å². The van der Waals surface area contributed by atoms with Gasteiger partial charge in [-0.3, -0.25) is 9.59 Å². The highest BCUT2D eigenvalue weighted by molar-refractivity contribution is 5.88. The van der Waals surface area contributed by atoms with Crippen molar-refractivity contribution < 1.29 is 18.7 Å². The SMILES string of the molecule is CC(C)OCCCNC(=O)[C@H](Cc1ccccc1)N(Cc1ccc(F)cc1)C(=O)Cc1ccccc1. The van der Waals surface area contributed by atoms with Crippen LogP contribution in [0.25, 0.3) is 0 Å². The fraction of sp³-hybridized carbons (Fsp3) is 0.333. The summed E-state index contributed by atoms with van der Waals surface area (Å²) >= 11 is 0. The summed E-state index contributed by atoms with van der Waals surface area (Å²) in [6.45, 7) is 5.15. The third-order valence-electron chi connectivity index (χ3n) is 5.81. The molecule has 1 atom stereocenters. The van der Waals surface area contributed by atoms with E-state index in [1.807, 2.05) is 74.5 Å². The summed E-state index contributed by atoms with van der Waals surface area (Å²) in [5, 5.41) is 3.00. The number of halogens is 1. The largest absolute Gasteiger partial charge is 0.379 e. The van der Waals surface area contributed by atoms with Crippen molar-refractivity contribution in [3.63, 3.8) is 0 Å². The van der Waals surface area contributed by atoms with Gasteiger partial charge in [0.1, 0.15) is 11.9 Å². The zero-order chi connectivity index (χ0) is 25.8. The Kier molecular flexibility index (Phi) is 10.6. The number of hydrogen-bond acceptors (Lipinski definition) is 3. The maximum atomic E-state index is 13.6. The van der Waals surface area contributed by atoms with Gasteiger partial charge < -0.3 is 15.0 Å². The van der Waals surface area contributed by atoms with Crippen LogP contribution in [0.15, 0.2) is 84.9 Å². The van der Waals surface area contributed by atoms with E-state index in [0.29, 0.717) is 26.0 Å². The molecule has 0 bridgehead atoms. The summed E-state index contributed by atoms with van der Waals surface area (Å²) in [7, 11) is 0. The van der Waals surface area contributed by atoms with Crippen molar-refractivity contribution >= 4 is 11.8 Å². The third kappa shape index (κ3) is 8.93. The van der Waals surface area contributed by atoms with Gasteiger partial charge in [0.15, 0.2) is 0 Å². The second-order valence-corrected chi connectivity index (χ2v) is 9.08. The Hall–Kier alpha value is -3.51. The van der Waals surface area contributed by atoms with Crippen LogP contribution in [0, 0.1) is 5.82 Å². The number of benzene rings is 3. The molecule has 0 aliphatic heterocycles. The highest BCUT2D eigenvalue weighted by Gasteiger charge is 2.30. The van der Waals surface area contributed by atoms with Crippen LogP contribution in [-0.2, 0) is 33.7 Å². The van der Waals surface area contributed by atoms with Gasteiger partial charge in [0, 0.05) is 26.1 Å². The van der Waals surface area contributed by atoms with Crippen molar-refractivity contribution in [2.24, 2.45) is 0 Å². The van der Waals surface area contributed by atoms with Crippen LogP contribution in [0.3, 0.4) is 0 Å². The van der Waals surface area contributed by atoms with E-state index < -0.39 is 6.04 Å². The second-order valence-electron chi connectivity index (χ2n) is 9.08. The van der Waals surface area contributed by atoms with E-state index in [4.69, 9.17) is 4.74 Å². The molecular weight excluding hydrogens is 455 g/mol. The monoisotopic (exact) mass is 490 g/mol.